The molecule has 0 unspecified atom stereocenters. The fourth-order valence-electron chi connectivity index (χ4n) is 1.14. The van der Waals surface area contributed by atoms with Crippen molar-refractivity contribution in [3.05, 3.63) is 29.7 Å². The molecule has 14 heavy (non-hydrogen) atoms. The molecule has 0 saturated carbocycles. The van der Waals surface area contributed by atoms with E-state index in [9.17, 15) is 0 Å². The van der Waals surface area contributed by atoms with E-state index >= 15 is 0 Å². The molecule has 0 atom stereocenters. The average Bonchev–Trinajstić information content (AvgIpc) is 2.66. The molecule has 0 bridgehead atoms. The molecule has 0 aromatic carbocycles. The van der Waals surface area contributed by atoms with Gasteiger partial charge in [0.1, 0.15) is 11.5 Å². The second kappa shape index (κ2) is 3.75. The van der Waals surface area contributed by atoms with Crippen LogP contribution < -0.4 is 0 Å². The monoisotopic (exact) mass is 208 g/mol. The Morgan fingerprint density at radius 3 is 2.86 bits per heavy atom. The summed E-state index contributed by atoms with van der Waals surface area (Å²) in [5, 5.41) is 6.76. The zero-order valence-electron chi connectivity index (χ0n) is 7.66. The number of rotatable bonds is 2. The summed E-state index contributed by atoms with van der Waals surface area (Å²) in [5.41, 5.74) is 1.71. The van der Waals surface area contributed by atoms with Gasteiger partial charge in [0.05, 0.1) is 5.88 Å². The third-order valence-corrected chi connectivity index (χ3v) is 2.03. The van der Waals surface area contributed by atoms with Crippen molar-refractivity contribution >= 4 is 11.6 Å². The summed E-state index contributed by atoms with van der Waals surface area (Å²) in [7, 11) is 0. The van der Waals surface area contributed by atoms with Crippen LogP contribution in [-0.2, 0) is 5.88 Å². The Bertz CT molecular complexity index is 438. The molecule has 0 spiro atoms. The molecule has 1 N–H and O–H groups in total. The summed E-state index contributed by atoms with van der Waals surface area (Å²) in [4.78, 5) is 8.48. The molecular weight excluding hydrogens is 200 g/mol. The Morgan fingerprint density at radius 2 is 2.21 bits per heavy atom. The predicted molar refractivity (Wildman–Crippen MR) is 53.9 cm³/mol. The third kappa shape index (κ3) is 1.75. The molecule has 0 aliphatic heterocycles. The molecule has 2 heterocycles. The van der Waals surface area contributed by atoms with Gasteiger partial charge in [-0.1, -0.05) is 6.07 Å². The van der Waals surface area contributed by atoms with E-state index in [-0.39, 0.29) is 0 Å². The number of nitrogens with zero attached hydrogens (tertiary/aromatic N) is 3. The van der Waals surface area contributed by atoms with E-state index in [4.69, 9.17) is 11.6 Å². The van der Waals surface area contributed by atoms with E-state index < -0.39 is 0 Å². The Hall–Kier alpha value is -1.42. The van der Waals surface area contributed by atoms with Gasteiger partial charge in [-0.3, -0.25) is 5.10 Å². The highest BCUT2D eigenvalue weighted by Gasteiger charge is 2.05. The number of pyridine rings is 1. The number of H-pyrrole nitrogens is 1. The summed E-state index contributed by atoms with van der Waals surface area (Å²) in [6.07, 6.45) is 0. The van der Waals surface area contributed by atoms with Crippen molar-refractivity contribution in [1.82, 2.24) is 20.2 Å². The minimum Gasteiger partial charge on any atom is -0.262 e. The van der Waals surface area contributed by atoms with Gasteiger partial charge in [0.25, 0.3) is 0 Å². The minimum absolute atomic E-state index is 0.332. The number of nitrogens with one attached hydrogen (secondary N) is 1. The topological polar surface area (TPSA) is 54.5 Å². The molecule has 72 valence electrons. The van der Waals surface area contributed by atoms with Crippen molar-refractivity contribution in [1.29, 1.82) is 0 Å². The maximum Gasteiger partial charge on any atom is 0.199 e. The van der Waals surface area contributed by atoms with Crippen LogP contribution in [0, 0.1) is 6.92 Å². The Kier molecular flexibility index (Phi) is 2.45. The van der Waals surface area contributed by atoms with E-state index in [0.29, 0.717) is 17.5 Å². The summed E-state index contributed by atoms with van der Waals surface area (Å²) in [5.74, 6) is 1.58. The van der Waals surface area contributed by atoms with E-state index in [0.717, 1.165) is 11.4 Å². The van der Waals surface area contributed by atoms with Crippen molar-refractivity contribution in [2.75, 3.05) is 0 Å². The van der Waals surface area contributed by atoms with Crippen LogP contribution in [0.25, 0.3) is 11.5 Å². The zero-order valence-corrected chi connectivity index (χ0v) is 8.41. The van der Waals surface area contributed by atoms with Gasteiger partial charge < -0.3 is 0 Å². The Balaban J connectivity index is 2.39. The largest absolute Gasteiger partial charge is 0.262 e. The van der Waals surface area contributed by atoms with Gasteiger partial charge in [-0.2, -0.15) is 5.10 Å². The molecule has 0 fully saturated rings. The second-order valence-electron chi connectivity index (χ2n) is 2.90. The molecule has 0 aliphatic rings. The lowest BCUT2D eigenvalue weighted by Gasteiger charge is -1.94. The van der Waals surface area contributed by atoms with Crippen LogP contribution >= 0.6 is 11.6 Å². The van der Waals surface area contributed by atoms with Crippen LogP contribution in [-0.4, -0.2) is 20.2 Å². The number of aromatic amines is 1. The second-order valence-corrected chi connectivity index (χ2v) is 3.17. The van der Waals surface area contributed by atoms with E-state index in [2.05, 4.69) is 20.2 Å². The first-order chi connectivity index (χ1) is 6.79. The highest BCUT2D eigenvalue weighted by Crippen LogP contribution is 2.12. The van der Waals surface area contributed by atoms with Gasteiger partial charge in [-0.05, 0) is 19.1 Å². The first-order valence-corrected chi connectivity index (χ1v) is 4.74. The summed E-state index contributed by atoms with van der Waals surface area (Å²) in [6, 6.07) is 5.72. The van der Waals surface area contributed by atoms with E-state index in [1.807, 2.05) is 25.1 Å². The molecule has 0 saturated heterocycles. The van der Waals surface area contributed by atoms with Crippen LogP contribution in [0.2, 0.25) is 0 Å². The van der Waals surface area contributed by atoms with Gasteiger partial charge in [-0.25, -0.2) is 9.97 Å². The van der Waals surface area contributed by atoms with Crippen LogP contribution in [0.5, 0.6) is 0 Å². The van der Waals surface area contributed by atoms with E-state index in [1.54, 1.807) is 0 Å². The summed E-state index contributed by atoms with van der Waals surface area (Å²) in [6.45, 7) is 1.93. The normalized spacial score (nSPS) is 10.4. The van der Waals surface area contributed by atoms with Crippen molar-refractivity contribution in [2.45, 2.75) is 12.8 Å². The SMILES string of the molecule is Cc1cccc(-c2n[nH]c(CCl)n2)n1. The first kappa shape index (κ1) is 9.15. The van der Waals surface area contributed by atoms with Crippen molar-refractivity contribution in [2.24, 2.45) is 0 Å². The van der Waals surface area contributed by atoms with Gasteiger partial charge in [0, 0.05) is 5.69 Å². The van der Waals surface area contributed by atoms with Gasteiger partial charge in [-0.15, -0.1) is 11.6 Å². The fourth-order valence-corrected chi connectivity index (χ4v) is 1.26. The molecule has 4 nitrogen and oxygen atoms in total. The number of aromatic nitrogens is 4. The van der Waals surface area contributed by atoms with E-state index in [1.165, 1.54) is 0 Å². The summed E-state index contributed by atoms with van der Waals surface area (Å²) < 4.78 is 0. The summed E-state index contributed by atoms with van der Waals surface area (Å²) >= 11 is 5.60. The number of halogens is 1. The molecule has 0 aliphatic carbocycles. The molecule has 0 radical (unpaired) electrons. The maximum absolute atomic E-state index is 5.60. The standard InChI is InChI=1S/C9H9ClN4/c1-6-3-2-4-7(11-6)9-12-8(5-10)13-14-9/h2-4H,5H2,1H3,(H,12,13,14). The number of aryl methyl sites for hydroxylation is 1. The average molecular weight is 209 g/mol. The van der Waals surface area contributed by atoms with Gasteiger partial charge in [0.15, 0.2) is 5.82 Å². The van der Waals surface area contributed by atoms with Crippen molar-refractivity contribution in [3.63, 3.8) is 0 Å². The smallest absolute Gasteiger partial charge is 0.199 e. The Labute approximate surface area is 86.4 Å². The molecule has 0 amide bonds. The van der Waals surface area contributed by atoms with Crippen LogP contribution in [0.1, 0.15) is 11.5 Å². The highest BCUT2D eigenvalue weighted by atomic mass is 35.5. The zero-order chi connectivity index (χ0) is 9.97. The Morgan fingerprint density at radius 1 is 1.36 bits per heavy atom. The van der Waals surface area contributed by atoms with Crippen LogP contribution in [0.3, 0.4) is 0 Å². The molecular formula is C9H9ClN4. The van der Waals surface area contributed by atoms with Crippen LogP contribution in [0.15, 0.2) is 18.2 Å². The molecule has 2 aromatic rings. The first-order valence-electron chi connectivity index (χ1n) is 4.21. The lowest BCUT2D eigenvalue weighted by molar-refractivity contribution is 1.02. The number of hydrogen-bond acceptors (Lipinski definition) is 3. The molecule has 2 aromatic heterocycles. The van der Waals surface area contributed by atoms with Crippen molar-refractivity contribution < 1.29 is 0 Å². The van der Waals surface area contributed by atoms with Gasteiger partial charge >= 0.3 is 0 Å². The minimum atomic E-state index is 0.332. The lowest BCUT2D eigenvalue weighted by atomic mass is 10.3. The fraction of sp³-hybridized carbons (Fsp3) is 0.222. The predicted octanol–water partition coefficient (Wildman–Crippen LogP) is 1.91. The third-order valence-electron chi connectivity index (χ3n) is 1.78. The highest BCUT2D eigenvalue weighted by molar-refractivity contribution is 6.16. The molecule has 2 rings (SSSR count). The van der Waals surface area contributed by atoms with Crippen LogP contribution in [0.4, 0.5) is 0 Å². The number of hydrogen-bond donors (Lipinski definition) is 1. The lowest BCUT2D eigenvalue weighted by Crippen LogP contribution is -1.88. The van der Waals surface area contributed by atoms with Gasteiger partial charge in [0.2, 0.25) is 0 Å². The quantitative estimate of drug-likeness (QED) is 0.768. The number of alkyl halides is 1. The molecule has 5 heteroatoms. The van der Waals surface area contributed by atoms with Crippen molar-refractivity contribution in [3.8, 4) is 11.5 Å². The maximum atomic E-state index is 5.60.